The Balaban J connectivity index is 0. The second-order valence-corrected chi connectivity index (χ2v) is 5.54. The molecule has 0 fully saturated rings. The average Bonchev–Trinajstić information content (AvgIpc) is 2.47. The maximum absolute atomic E-state index is 11.4. The molecule has 0 aromatic rings. The zero-order chi connectivity index (χ0) is 16.8. The molecular formula is C16H28KNO5. The number of aliphatic carboxylic acids is 1. The van der Waals surface area contributed by atoms with Gasteiger partial charge in [-0.1, -0.05) is 51.9 Å². The molecule has 0 saturated carbocycles. The number of carboxylic acid groups (broad SMARTS) is 1. The van der Waals surface area contributed by atoms with Crippen molar-refractivity contribution < 1.29 is 75.6 Å². The Morgan fingerprint density at radius 2 is 1.48 bits per heavy atom. The maximum Gasteiger partial charge on any atom is 1.00 e. The third-order valence-electron chi connectivity index (χ3n) is 3.41. The number of esters is 2. The molecule has 7 heteroatoms. The van der Waals surface area contributed by atoms with Crippen LogP contribution in [0.4, 0.5) is 0 Å². The molecule has 0 saturated heterocycles. The van der Waals surface area contributed by atoms with Gasteiger partial charge in [-0.05, 0) is 19.3 Å². The predicted octanol–water partition coefficient (Wildman–Crippen LogP) is -1.55. The van der Waals surface area contributed by atoms with Crippen molar-refractivity contribution in [3.63, 3.8) is 0 Å². The fourth-order valence-electron chi connectivity index (χ4n) is 2.03. The van der Waals surface area contributed by atoms with Gasteiger partial charge in [0, 0.05) is 12.4 Å². The molecule has 6 nitrogen and oxygen atoms in total. The van der Waals surface area contributed by atoms with Crippen LogP contribution in [0.5, 0.6) is 0 Å². The van der Waals surface area contributed by atoms with Crippen LogP contribution in [0.15, 0.2) is 0 Å². The second-order valence-electron chi connectivity index (χ2n) is 5.54. The Labute approximate surface area is 181 Å². The summed E-state index contributed by atoms with van der Waals surface area (Å²) in [6.07, 6.45) is 8.62. The zero-order valence-electron chi connectivity index (χ0n) is 14.5. The van der Waals surface area contributed by atoms with E-state index in [4.69, 9.17) is 5.73 Å². The molecule has 128 valence electrons. The molecule has 0 aliphatic carbocycles. The molecule has 0 spiro atoms. The molecule has 0 unspecified atom stereocenters. The van der Waals surface area contributed by atoms with Crippen LogP contribution in [0, 0.1) is 0 Å². The molecule has 1 atom stereocenters. The molecular weight excluding hydrogens is 325 g/mol. The van der Waals surface area contributed by atoms with Crippen molar-refractivity contribution >= 4 is 17.9 Å². The van der Waals surface area contributed by atoms with Crippen molar-refractivity contribution in [2.75, 3.05) is 0 Å². The van der Waals surface area contributed by atoms with Gasteiger partial charge in [-0.2, -0.15) is 0 Å². The summed E-state index contributed by atoms with van der Waals surface area (Å²) < 4.78 is 4.59. The van der Waals surface area contributed by atoms with Gasteiger partial charge in [0.05, 0.1) is 0 Å². The molecule has 0 aliphatic heterocycles. The van der Waals surface area contributed by atoms with E-state index in [1.54, 1.807) is 0 Å². The Hall–Kier alpha value is 0.206. The third-order valence-corrected chi connectivity index (χ3v) is 3.41. The van der Waals surface area contributed by atoms with E-state index in [1.807, 2.05) is 0 Å². The Kier molecular flexibility index (Phi) is 18.9. The van der Waals surface area contributed by atoms with E-state index in [9.17, 15) is 19.5 Å². The number of nitrogens with two attached hydrogens (primary N) is 1. The molecule has 0 aromatic carbocycles. The molecule has 0 radical (unpaired) electrons. The summed E-state index contributed by atoms with van der Waals surface area (Å²) in [4.78, 5) is 33.1. The number of unbranched alkanes of at least 4 members (excludes halogenated alkanes) is 7. The number of rotatable bonds is 13. The molecule has 0 amide bonds. The summed E-state index contributed by atoms with van der Waals surface area (Å²) in [5, 5.41) is 10.2. The molecule has 0 rings (SSSR count). The summed E-state index contributed by atoms with van der Waals surface area (Å²) >= 11 is 0. The average molecular weight is 354 g/mol. The van der Waals surface area contributed by atoms with Gasteiger partial charge in [0.25, 0.3) is 0 Å². The predicted molar refractivity (Wildman–Crippen MR) is 80.5 cm³/mol. The van der Waals surface area contributed by atoms with Gasteiger partial charge >= 0.3 is 63.3 Å². The SMILES string of the molecule is CCCCCCCCCCC(=O)OC(=O)[C@@H](N)CCC(=O)[O-].[K+]. The van der Waals surface area contributed by atoms with Crippen molar-refractivity contribution in [3.8, 4) is 0 Å². The van der Waals surface area contributed by atoms with Gasteiger partial charge in [0.15, 0.2) is 0 Å². The Morgan fingerprint density at radius 3 is 2.00 bits per heavy atom. The maximum atomic E-state index is 11.4. The standard InChI is InChI=1S/C16H29NO5.K/c1-2-3-4-5-6-7-8-9-10-15(20)22-16(21)13(17)11-12-14(18)19;/h13H,2-12,17H2,1H3,(H,18,19);/q;+1/p-1/t13-;/m0./s1. The van der Waals surface area contributed by atoms with Crippen molar-refractivity contribution in [2.24, 2.45) is 5.73 Å². The first-order valence-electron chi connectivity index (χ1n) is 8.17. The fraction of sp³-hybridized carbons (Fsp3) is 0.812. The van der Waals surface area contributed by atoms with Crippen LogP contribution in [0.1, 0.15) is 77.6 Å². The third kappa shape index (κ3) is 16.8. The normalized spacial score (nSPS) is 11.4. The van der Waals surface area contributed by atoms with E-state index in [1.165, 1.54) is 32.1 Å². The van der Waals surface area contributed by atoms with Crippen LogP contribution >= 0.6 is 0 Å². The van der Waals surface area contributed by atoms with Crippen molar-refractivity contribution in [1.29, 1.82) is 0 Å². The van der Waals surface area contributed by atoms with E-state index >= 15 is 0 Å². The summed E-state index contributed by atoms with van der Waals surface area (Å²) in [5.41, 5.74) is 5.43. The number of carbonyl (C=O) groups excluding carboxylic acids is 3. The number of carboxylic acids is 1. The van der Waals surface area contributed by atoms with Crippen LogP contribution in [0.3, 0.4) is 0 Å². The first kappa shape index (κ1) is 25.4. The van der Waals surface area contributed by atoms with Crippen LogP contribution in [-0.4, -0.2) is 23.9 Å². The quantitative estimate of drug-likeness (QED) is 0.186. The molecule has 0 bridgehead atoms. The fourth-order valence-corrected chi connectivity index (χ4v) is 2.03. The Bertz CT molecular complexity index is 349. The van der Waals surface area contributed by atoms with Crippen molar-refractivity contribution in [3.05, 3.63) is 0 Å². The monoisotopic (exact) mass is 353 g/mol. The number of hydrogen-bond acceptors (Lipinski definition) is 6. The smallest absolute Gasteiger partial charge is 0.550 e. The van der Waals surface area contributed by atoms with E-state index < -0.39 is 23.9 Å². The van der Waals surface area contributed by atoms with E-state index in [0.717, 1.165) is 12.8 Å². The van der Waals surface area contributed by atoms with Crippen molar-refractivity contribution in [1.82, 2.24) is 0 Å². The summed E-state index contributed by atoms with van der Waals surface area (Å²) in [6.45, 7) is 2.18. The minimum absolute atomic E-state index is 0. The van der Waals surface area contributed by atoms with Crippen LogP contribution < -0.4 is 62.2 Å². The summed E-state index contributed by atoms with van der Waals surface area (Å²) in [7, 11) is 0. The van der Waals surface area contributed by atoms with E-state index in [0.29, 0.717) is 6.42 Å². The van der Waals surface area contributed by atoms with Gasteiger partial charge in [-0.25, -0.2) is 4.79 Å². The summed E-state index contributed by atoms with van der Waals surface area (Å²) in [5.74, 6) is -2.75. The number of carbonyl (C=O) groups is 3. The van der Waals surface area contributed by atoms with Gasteiger partial charge in [0.1, 0.15) is 6.04 Å². The second kappa shape index (κ2) is 17.0. The zero-order valence-corrected chi connectivity index (χ0v) is 17.6. The van der Waals surface area contributed by atoms with Crippen molar-refractivity contribution in [2.45, 2.75) is 83.6 Å². The summed E-state index contributed by atoms with van der Waals surface area (Å²) in [6, 6.07) is -1.10. The molecule has 23 heavy (non-hydrogen) atoms. The Morgan fingerprint density at radius 1 is 0.957 bits per heavy atom. The minimum Gasteiger partial charge on any atom is -0.550 e. The van der Waals surface area contributed by atoms with Gasteiger partial charge < -0.3 is 20.4 Å². The van der Waals surface area contributed by atoms with E-state index in [2.05, 4.69) is 11.7 Å². The first-order valence-corrected chi connectivity index (χ1v) is 8.17. The molecule has 0 aromatic heterocycles. The van der Waals surface area contributed by atoms with Gasteiger partial charge in [-0.3, -0.25) is 4.79 Å². The molecule has 0 heterocycles. The number of ether oxygens (including phenoxy) is 1. The van der Waals surface area contributed by atoms with Crippen LogP contribution in [0.25, 0.3) is 0 Å². The van der Waals surface area contributed by atoms with Gasteiger partial charge in [0.2, 0.25) is 0 Å². The topological polar surface area (TPSA) is 110 Å². The van der Waals surface area contributed by atoms with Gasteiger partial charge in [-0.15, -0.1) is 0 Å². The van der Waals surface area contributed by atoms with E-state index in [-0.39, 0.29) is 70.6 Å². The van der Waals surface area contributed by atoms with Crippen LogP contribution in [0.2, 0.25) is 0 Å². The van der Waals surface area contributed by atoms with Crippen LogP contribution in [-0.2, 0) is 19.1 Å². The first-order chi connectivity index (χ1) is 10.5. The largest absolute Gasteiger partial charge is 1.00 e. The minimum atomic E-state index is -1.28. The molecule has 2 N–H and O–H groups in total. The molecule has 0 aliphatic rings. The number of hydrogen-bond donors (Lipinski definition) is 1.